The summed E-state index contributed by atoms with van der Waals surface area (Å²) in [6, 6.07) is -0.480. The Bertz CT molecular complexity index is 262. The van der Waals surface area contributed by atoms with Crippen LogP contribution < -0.4 is 5.90 Å². The number of β-amino-alcohol motifs (C(OH)–C–C–N with tert-alkyl or cyclic N) is 1. The number of hydrogen-bond acceptors (Lipinski definition) is 7. The van der Waals surface area contributed by atoms with Crippen molar-refractivity contribution in [2.24, 2.45) is 5.90 Å². The highest BCUT2D eigenvalue weighted by atomic mass is 16.6. The van der Waals surface area contributed by atoms with E-state index in [1.165, 1.54) is 0 Å². The lowest BCUT2D eigenvalue weighted by Gasteiger charge is -2.44. The minimum Gasteiger partial charge on any atom is -0.395 e. The van der Waals surface area contributed by atoms with Gasteiger partial charge in [0.1, 0.15) is 12.2 Å². The van der Waals surface area contributed by atoms with E-state index in [4.69, 9.17) is 10.6 Å². The van der Waals surface area contributed by atoms with E-state index in [0.717, 1.165) is 19.4 Å². The summed E-state index contributed by atoms with van der Waals surface area (Å²) in [4.78, 5) is 6.45. The van der Waals surface area contributed by atoms with Crippen molar-refractivity contribution >= 4 is 0 Å². The zero-order valence-corrected chi connectivity index (χ0v) is 10.3. The maximum atomic E-state index is 10.0. The number of rotatable bonds is 4. The van der Waals surface area contributed by atoms with Crippen molar-refractivity contribution in [3.8, 4) is 0 Å². The lowest BCUT2D eigenvalue weighted by Crippen LogP contribution is -2.64. The van der Waals surface area contributed by atoms with Crippen LogP contribution in [0.15, 0.2) is 0 Å². The molecular formula is C11H22N2O5. The van der Waals surface area contributed by atoms with Crippen LogP contribution in [0.3, 0.4) is 0 Å². The number of hydrogen-bond donors (Lipinski definition) is 4. The summed E-state index contributed by atoms with van der Waals surface area (Å²) in [5.74, 6) is 5.07. The van der Waals surface area contributed by atoms with Crippen LogP contribution in [0.2, 0.25) is 0 Å². The van der Waals surface area contributed by atoms with E-state index in [-0.39, 0.29) is 12.7 Å². The zero-order valence-electron chi connectivity index (χ0n) is 10.3. The van der Waals surface area contributed by atoms with Gasteiger partial charge in [-0.2, -0.15) is 0 Å². The molecule has 2 fully saturated rings. The van der Waals surface area contributed by atoms with E-state index in [2.05, 4.69) is 4.84 Å². The summed E-state index contributed by atoms with van der Waals surface area (Å²) in [6.45, 7) is 1.45. The molecule has 0 amide bonds. The summed E-state index contributed by atoms with van der Waals surface area (Å²) < 4.78 is 5.53. The van der Waals surface area contributed by atoms with Gasteiger partial charge in [0, 0.05) is 19.7 Å². The summed E-state index contributed by atoms with van der Waals surface area (Å²) in [5, 5.41) is 29.3. The molecule has 7 nitrogen and oxygen atoms in total. The Labute approximate surface area is 106 Å². The second-order valence-corrected chi connectivity index (χ2v) is 5.00. The van der Waals surface area contributed by atoms with Gasteiger partial charge in [0.2, 0.25) is 0 Å². The normalized spacial score (nSPS) is 42.3. The molecule has 0 spiro atoms. The Morgan fingerprint density at radius 1 is 1.39 bits per heavy atom. The Morgan fingerprint density at radius 2 is 2.17 bits per heavy atom. The molecule has 0 radical (unpaired) electrons. The van der Waals surface area contributed by atoms with E-state index in [9.17, 15) is 15.3 Å². The molecule has 2 heterocycles. The van der Waals surface area contributed by atoms with Crippen LogP contribution in [0.1, 0.15) is 12.8 Å². The third kappa shape index (κ3) is 2.83. The van der Waals surface area contributed by atoms with E-state index in [1.54, 1.807) is 0 Å². The van der Waals surface area contributed by atoms with Crippen molar-refractivity contribution in [3.05, 3.63) is 0 Å². The second-order valence-electron chi connectivity index (χ2n) is 5.00. The first-order valence-corrected chi connectivity index (χ1v) is 6.35. The molecule has 0 aromatic carbocycles. The van der Waals surface area contributed by atoms with Gasteiger partial charge < -0.3 is 20.1 Å². The molecule has 2 saturated heterocycles. The Kier molecular flexibility index (Phi) is 4.91. The molecule has 5 atom stereocenters. The van der Waals surface area contributed by atoms with Crippen molar-refractivity contribution in [2.45, 2.75) is 43.3 Å². The topological polar surface area (TPSA) is 108 Å². The smallest absolute Gasteiger partial charge is 0.133 e. The van der Waals surface area contributed by atoms with Gasteiger partial charge in [-0.05, 0) is 12.8 Å². The SMILES string of the molecule is NO[C@H]1[C@H](O)[C@@H](CO)N(CC2CCCO2)C[C@@H]1O. The molecule has 0 bridgehead atoms. The Balaban J connectivity index is 1.99. The maximum Gasteiger partial charge on any atom is 0.133 e. The van der Waals surface area contributed by atoms with Crippen LogP contribution in [-0.2, 0) is 9.57 Å². The molecule has 2 aliphatic heterocycles. The third-order valence-electron chi connectivity index (χ3n) is 3.81. The minimum atomic E-state index is -1.01. The molecule has 5 N–H and O–H groups in total. The molecule has 2 aliphatic rings. The van der Waals surface area contributed by atoms with Gasteiger partial charge in [-0.1, -0.05) is 0 Å². The molecule has 2 rings (SSSR count). The molecular weight excluding hydrogens is 240 g/mol. The minimum absolute atomic E-state index is 0.105. The third-order valence-corrected chi connectivity index (χ3v) is 3.81. The number of aliphatic hydroxyl groups excluding tert-OH is 3. The van der Waals surface area contributed by atoms with E-state index < -0.39 is 24.4 Å². The summed E-state index contributed by atoms with van der Waals surface area (Å²) in [7, 11) is 0. The summed E-state index contributed by atoms with van der Waals surface area (Å²) in [6.07, 6.45) is -0.629. The largest absolute Gasteiger partial charge is 0.395 e. The predicted octanol–water partition coefficient (Wildman–Crippen LogP) is -2.18. The first-order chi connectivity index (χ1) is 8.67. The lowest BCUT2D eigenvalue weighted by atomic mass is 9.93. The molecule has 0 saturated carbocycles. The van der Waals surface area contributed by atoms with E-state index in [1.807, 2.05) is 4.90 Å². The molecule has 0 aliphatic carbocycles. The van der Waals surface area contributed by atoms with E-state index >= 15 is 0 Å². The van der Waals surface area contributed by atoms with Gasteiger partial charge in [0.15, 0.2) is 0 Å². The Morgan fingerprint density at radius 3 is 2.72 bits per heavy atom. The average Bonchev–Trinajstić information content (AvgIpc) is 2.82. The fourth-order valence-electron chi connectivity index (χ4n) is 2.80. The van der Waals surface area contributed by atoms with Crippen LogP contribution in [0.25, 0.3) is 0 Å². The lowest BCUT2D eigenvalue weighted by molar-refractivity contribution is -0.173. The quantitative estimate of drug-likeness (QED) is 0.427. The first-order valence-electron chi connectivity index (χ1n) is 6.35. The standard InChI is InChI=1S/C11H22N2O5/c12-18-11-9(15)5-13(8(6-14)10(11)16)4-7-2-1-3-17-7/h7-11,14-16H,1-6,12H2/t7?,8-,9+,10-,11-/m1/s1. The fraction of sp³-hybridized carbons (Fsp3) is 1.00. The predicted molar refractivity (Wildman–Crippen MR) is 62.5 cm³/mol. The molecule has 106 valence electrons. The van der Waals surface area contributed by atoms with E-state index in [0.29, 0.717) is 13.1 Å². The van der Waals surface area contributed by atoms with Gasteiger partial charge in [-0.25, -0.2) is 5.90 Å². The maximum absolute atomic E-state index is 10.0. The molecule has 0 aromatic rings. The first kappa shape index (κ1) is 14.1. The number of likely N-dealkylation sites (tertiary alicyclic amines) is 1. The van der Waals surface area contributed by atoms with Crippen LogP contribution in [0.4, 0.5) is 0 Å². The van der Waals surface area contributed by atoms with Gasteiger partial charge in [0.05, 0.1) is 24.9 Å². The monoisotopic (exact) mass is 262 g/mol. The Hall–Kier alpha value is -0.280. The van der Waals surface area contributed by atoms with Gasteiger partial charge >= 0.3 is 0 Å². The molecule has 7 heteroatoms. The van der Waals surface area contributed by atoms with Crippen LogP contribution in [-0.4, -0.2) is 77.0 Å². The summed E-state index contributed by atoms with van der Waals surface area (Å²) in [5.41, 5.74) is 0. The molecule has 1 unspecified atom stereocenters. The van der Waals surface area contributed by atoms with Crippen LogP contribution in [0, 0.1) is 0 Å². The highest BCUT2D eigenvalue weighted by molar-refractivity contribution is 4.95. The number of nitrogens with zero attached hydrogens (tertiary/aromatic N) is 1. The fourth-order valence-corrected chi connectivity index (χ4v) is 2.80. The highest BCUT2D eigenvalue weighted by Crippen LogP contribution is 2.23. The van der Waals surface area contributed by atoms with Gasteiger partial charge in [-0.15, -0.1) is 0 Å². The summed E-state index contributed by atoms with van der Waals surface area (Å²) >= 11 is 0. The second kappa shape index (κ2) is 6.25. The van der Waals surface area contributed by atoms with Crippen molar-refractivity contribution < 1.29 is 24.9 Å². The highest BCUT2D eigenvalue weighted by Gasteiger charge is 2.43. The number of ether oxygens (including phenoxy) is 1. The van der Waals surface area contributed by atoms with Gasteiger partial charge in [-0.3, -0.25) is 9.74 Å². The van der Waals surface area contributed by atoms with Crippen molar-refractivity contribution in [1.29, 1.82) is 0 Å². The van der Waals surface area contributed by atoms with Crippen molar-refractivity contribution in [3.63, 3.8) is 0 Å². The van der Waals surface area contributed by atoms with Crippen LogP contribution >= 0.6 is 0 Å². The number of piperidine rings is 1. The van der Waals surface area contributed by atoms with Crippen molar-refractivity contribution in [2.75, 3.05) is 26.3 Å². The zero-order chi connectivity index (χ0) is 13.1. The van der Waals surface area contributed by atoms with Crippen LogP contribution in [0.5, 0.6) is 0 Å². The number of nitrogens with two attached hydrogens (primary N) is 1. The molecule has 18 heavy (non-hydrogen) atoms. The number of aliphatic hydroxyl groups is 3. The average molecular weight is 262 g/mol. The van der Waals surface area contributed by atoms with Gasteiger partial charge in [0.25, 0.3) is 0 Å². The molecule has 0 aromatic heterocycles. The van der Waals surface area contributed by atoms with Crippen molar-refractivity contribution in [1.82, 2.24) is 4.90 Å².